The Bertz CT molecular complexity index is 1040. The van der Waals surface area contributed by atoms with E-state index < -0.39 is 0 Å². The van der Waals surface area contributed by atoms with E-state index in [1.54, 1.807) is 12.1 Å². The lowest BCUT2D eigenvalue weighted by atomic mass is 10.3. The number of hydrogen-bond donors (Lipinski definition) is 1. The maximum Gasteiger partial charge on any atom is 0.348 e. The number of fused-ring (bicyclic) bond motifs is 3. The Morgan fingerprint density at radius 1 is 1.09 bits per heavy atom. The topological polar surface area (TPSA) is 72.3 Å². The molecular weight excluding hydrogens is 287 g/mol. The maximum absolute atomic E-state index is 13.0. The van der Waals surface area contributed by atoms with E-state index in [1.165, 1.54) is 28.7 Å². The monoisotopic (exact) mass is 296 g/mol. The quantitative estimate of drug-likeness (QED) is 0.617. The molecule has 0 spiro atoms. The van der Waals surface area contributed by atoms with E-state index in [4.69, 9.17) is 4.74 Å². The number of rotatable bonds is 2. The number of H-pyrrole nitrogens is 1. The molecule has 0 unspecified atom stereocenters. The van der Waals surface area contributed by atoms with Crippen LogP contribution in [0.3, 0.4) is 0 Å². The number of nitrogens with zero attached hydrogens (tertiary/aromatic N) is 3. The van der Waals surface area contributed by atoms with E-state index in [0.717, 1.165) is 0 Å². The Morgan fingerprint density at radius 2 is 1.86 bits per heavy atom. The Balaban J connectivity index is 1.96. The van der Waals surface area contributed by atoms with Gasteiger partial charge in [-0.3, -0.25) is 0 Å². The lowest BCUT2D eigenvalue weighted by Crippen LogP contribution is -2.11. The third-order valence-electron chi connectivity index (χ3n) is 3.24. The van der Waals surface area contributed by atoms with Gasteiger partial charge in [0.2, 0.25) is 5.65 Å². The van der Waals surface area contributed by atoms with E-state index in [-0.39, 0.29) is 23.0 Å². The van der Waals surface area contributed by atoms with Crippen molar-refractivity contribution >= 4 is 16.7 Å². The van der Waals surface area contributed by atoms with Gasteiger partial charge in [0.05, 0.1) is 11.0 Å². The van der Waals surface area contributed by atoms with E-state index in [2.05, 4.69) is 15.2 Å². The molecule has 0 saturated heterocycles. The summed E-state index contributed by atoms with van der Waals surface area (Å²) in [6.45, 7) is 0. The molecule has 2 heterocycles. The molecule has 0 fully saturated rings. The molecular formula is C15H9FN4O2. The summed E-state index contributed by atoms with van der Waals surface area (Å²) in [7, 11) is 0. The molecule has 0 saturated carbocycles. The van der Waals surface area contributed by atoms with Crippen molar-refractivity contribution in [3.63, 3.8) is 0 Å². The zero-order valence-electron chi connectivity index (χ0n) is 11.2. The highest BCUT2D eigenvalue weighted by Gasteiger charge is 2.14. The third kappa shape index (κ3) is 1.91. The summed E-state index contributed by atoms with van der Waals surface area (Å²) in [5, 5.41) is 6.33. The van der Waals surface area contributed by atoms with Crippen LogP contribution in [0.5, 0.6) is 11.6 Å². The minimum absolute atomic E-state index is 0.170. The number of halogens is 1. The van der Waals surface area contributed by atoms with Crippen LogP contribution >= 0.6 is 0 Å². The van der Waals surface area contributed by atoms with Crippen molar-refractivity contribution in [3.8, 4) is 11.6 Å². The van der Waals surface area contributed by atoms with Crippen molar-refractivity contribution in [1.29, 1.82) is 0 Å². The summed E-state index contributed by atoms with van der Waals surface area (Å²) in [6, 6.07) is 12.7. The van der Waals surface area contributed by atoms with Crippen LogP contribution in [0.2, 0.25) is 0 Å². The number of hydrogen-bond acceptors (Lipinski definition) is 4. The smallest absolute Gasteiger partial charge is 0.348 e. The Hall–Kier alpha value is -3.22. The second-order valence-corrected chi connectivity index (χ2v) is 4.65. The molecule has 1 N–H and O–H groups in total. The van der Waals surface area contributed by atoms with Crippen molar-refractivity contribution in [3.05, 3.63) is 64.8 Å². The molecule has 7 heteroatoms. The van der Waals surface area contributed by atoms with Gasteiger partial charge in [0.1, 0.15) is 11.6 Å². The van der Waals surface area contributed by atoms with Gasteiger partial charge in [0.15, 0.2) is 0 Å². The Kier molecular flexibility index (Phi) is 2.65. The zero-order chi connectivity index (χ0) is 15.1. The minimum atomic E-state index is -0.377. The van der Waals surface area contributed by atoms with Gasteiger partial charge in [-0.2, -0.15) is 0 Å². The minimum Gasteiger partial charge on any atom is -0.436 e. The van der Waals surface area contributed by atoms with E-state index >= 15 is 0 Å². The van der Waals surface area contributed by atoms with Crippen molar-refractivity contribution in [2.75, 3.05) is 0 Å². The molecule has 0 aliphatic rings. The highest BCUT2D eigenvalue weighted by molar-refractivity contribution is 5.79. The molecule has 0 aliphatic heterocycles. The van der Waals surface area contributed by atoms with Crippen LogP contribution in [0.25, 0.3) is 16.7 Å². The summed E-state index contributed by atoms with van der Waals surface area (Å²) >= 11 is 0. The van der Waals surface area contributed by atoms with E-state index in [9.17, 15) is 9.18 Å². The number of aromatic amines is 1. The van der Waals surface area contributed by atoms with E-state index in [1.807, 2.05) is 12.1 Å². The predicted molar refractivity (Wildman–Crippen MR) is 77.6 cm³/mol. The zero-order valence-corrected chi connectivity index (χ0v) is 11.2. The van der Waals surface area contributed by atoms with Crippen LogP contribution in [-0.2, 0) is 0 Å². The molecule has 2 aromatic carbocycles. The van der Waals surface area contributed by atoms with Gasteiger partial charge in [-0.05, 0) is 36.4 Å². The molecule has 0 radical (unpaired) electrons. The highest BCUT2D eigenvalue weighted by Crippen LogP contribution is 2.25. The molecule has 4 rings (SSSR count). The van der Waals surface area contributed by atoms with Gasteiger partial charge < -0.3 is 4.74 Å². The van der Waals surface area contributed by atoms with Gasteiger partial charge in [0, 0.05) is 0 Å². The average molecular weight is 296 g/mol. The van der Waals surface area contributed by atoms with Crippen molar-refractivity contribution in [1.82, 2.24) is 19.6 Å². The van der Waals surface area contributed by atoms with Crippen molar-refractivity contribution in [2.24, 2.45) is 0 Å². The summed E-state index contributed by atoms with van der Waals surface area (Å²) in [6.07, 6.45) is 0. The van der Waals surface area contributed by atoms with Crippen LogP contribution in [0.15, 0.2) is 53.3 Å². The first kappa shape index (κ1) is 12.5. The fourth-order valence-corrected chi connectivity index (χ4v) is 2.25. The number of para-hydroxylation sites is 2. The first-order chi connectivity index (χ1) is 10.7. The first-order valence-electron chi connectivity index (χ1n) is 6.52. The molecule has 0 bridgehead atoms. The fraction of sp³-hybridized carbons (Fsp3) is 0. The standard InChI is InChI=1S/C15H9FN4O2/c16-9-5-7-10(8-6-9)22-14-13-18-19-15(21)20(13)12-4-2-1-3-11(12)17-14/h1-8H,(H,19,21). The maximum atomic E-state index is 13.0. The second kappa shape index (κ2) is 4.66. The van der Waals surface area contributed by atoms with Crippen LogP contribution in [0.1, 0.15) is 0 Å². The molecule has 22 heavy (non-hydrogen) atoms. The van der Waals surface area contributed by atoms with Gasteiger partial charge in [0.25, 0.3) is 5.88 Å². The van der Waals surface area contributed by atoms with Gasteiger partial charge >= 0.3 is 5.69 Å². The third-order valence-corrected chi connectivity index (χ3v) is 3.24. The van der Waals surface area contributed by atoms with E-state index in [0.29, 0.717) is 16.8 Å². The SMILES string of the molecule is O=c1[nH]nc2c(Oc3ccc(F)cc3)nc3ccccc3n12. The Labute approximate surface area is 122 Å². The summed E-state index contributed by atoms with van der Waals surface area (Å²) in [4.78, 5) is 16.3. The molecule has 0 atom stereocenters. The fourth-order valence-electron chi connectivity index (χ4n) is 2.25. The number of nitrogens with one attached hydrogen (secondary N) is 1. The van der Waals surface area contributed by atoms with Crippen LogP contribution in [0.4, 0.5) is 4.39 Å². The number of benzene rings is 2. The van der Waals surface area contributed by atoms with Crippen LogP contribution in [0, 0.1) is 5.82 Å². The van der Waals surface area contributed by atoms with Gasteiger partial charge in [-0.25, -0.2) is 23.7 Å². The molecule has 0 amide bonds. The lowest BCUT2D eigenvalue weighted by molar-refractivity contribution is 0.465. The van der Waals surface area contributed by atoms with Gasteiger partial charge in [-0.1, -0.05) is 12.1 Å². The largest absolute Gasteiger partial charge is 0.436 e. The summed E-state index contributed by atoms with van der Waals surface area (Å²) < 4.78 is 20.0. The number of ether oxygens (including phenoxy) is 1. The normalized spacial score (nSPS) is 11.1. The van der Waals surface area contributed by atoms with Crippen LogP contribution in [-0.4, -0.2) is 19.6 Å². The molecule has 4 aromatic rings. The van der Waals surface area contributed by atoms with Crippen LogP contribution < -0.4 is 10.4 Å². The lowest BCUT2D eigenvalue weighted by Gasteiger charge is -2.07. The molecule has 6 nitrogen and oxygen atoms in total. The summed E-state index contributed by atoms with van der Waals surface area (Å²) in [5.74, 6) is 0.213. The Morgan fingerprint density at radius 3 is 2.68 bits per heavy atom. The number of aromatic nitrogens is 4. The molecule has 0 aliphatic carbocycles. The molecule has 108 valence electrons. The van der Waals surface area contributed by atoms with Crippen molar-refractivity contribution < 1.29 is 9.13 Å². The van der Waals surface area contributed by atoms with Gasteiger partial charge in [-0.15, -0.1) is 5.10 Å². The molecule has 2 aromatic heterocycles. The first-order valence-corrected chi connectivity index (χ1v) is 6.52. The highest BCUT2D eigenvalue weighted by atomic mass is 19.1. The predicted octanol–water partition coefficient (Wildman–Crippen LogP) is 2.50. The second-order valence-electron chi connectivity index (χ2n) is 4.65. The average Bonchev–Trinajstić information content (AvgIpc) is 2.92. The summed E-state index contributed by atoms with van der Waals surface area (Å²) in [5.41, 5.74) is 1.11. The van der Waals surface area contributed by atoms with Crippen molar-refractivity contribution in [2.45, 2.75) is 0 Å².